The Morgan fingerprint density at radius 3 is 2.80 bits per heavy atom. The third kappa shape index (κ3) is 4.15. The van der Waals surface area contributed by atoms with E-state index < -0.39 is 0 Å². The van der Waals surface area contributed by atoms with Gasteiger partial charge in [0.2, 0.25) is 0 Å². The highest BCUT2D eigenvalue weighted by Gasteiger charge is 2.03. The van der Waals surface area contributed by atoms with E-state index in [-0.39, 0.29) is 12.4 Å². The molecule has 0 bridgehead atoms. The van der Waals surface area contributed by atoms with Crippen molar-refractivity contribution in [1.82, 2.24) is 15.1 Å². The molecular weight excluding hydrogens is 257 g/mol. The van der Waals surface area contributed by atoms with E-state index in [1.165, 1.54) is 12.1 Å². The topological polar surface area (TPSA) is 50.1 Å². The number of nitrogens with zero attached hydrogens (tertiary/aromatic N) is 2. The van der Waals surface area contributed by atoms with Gasteiger partial charge in [-0.05, 0) is 43.1 Å². The van der Waals surface area contributed by atoms with Crippen molar-refractivity contribution in [2.45, 2.75) is 19.9 Å². The second-order valence-corrected chi connectivity index (χ2v) is 5.02. The smallest absolute Gasteiger partial charge is 0.123 e. The Balaban J connectivity index is 1.87. The molecule has 2 N–H and O–H groups in total. The fourth-order valence-corrected chi connectivity index (χ4v) is 1.97. The highest BCUT2D eigenvalue weighted by Crippen LogP contribution is 2.09. The zero-order chi connectivity index (χ0) is 14.4. The molecule has 2 rings (SSSR count). The van der Waals surface area contributed by atoms with Crippen LogP contribution in [-0.4, -0.2) is 28.0 Å². The van der Waals surface area contributed by atoms with Crippen LogP contribution in [0.5, 0.6) is 0 Å². The summed E-state index contributed by atoms with van der Waals surface area (Å²) < 4.78 is 14.6. The maximum atomic E-state index is 12.9. The average Bonchev–Trinajstić information content (AvgIpc) is 2.89. The summed E-state index contributed by atoms with van der Waals surface area (Å²) in [6, 6.07) is 6.24. The highest BCUT2D eigenvalue weighted by atomic mass is 19.1. The van der Waals surface area contributed by atoms with Gasteiger partial charge >= 0.3 is 0 Å². The van der Waals surface area contributed by atoms with Gasteiger partial charge in [0.15, 0.2) is 0 Å². The van der Waals surface area contributed by atoms with Crippen molar-refractivity contribution in [3.63, 3.8) is 0 Å². The third-order valence-corrected chi connectivity index (χ3v) is 3.17. The van der Waals surface area contributed by atoms with Gasteiger partial charge in [0.05, 0.1) is 11.9 Å². The summed E-state index contributed by atoms with van der Waals surface area (Å²) in [6.45, 7) is 3.93. The summed E-state index contributed by atoms with van der Waals surface area (Å²) in [5, 5.41) is 16.4. The zero-order valence-electron chi connectivity index (χ0n) is 11.6. The molecule has 5 heteroatoms. The monoisotopic (exact) mass is 277 g/mol. The molecule has 1 atom stereocenters. The Labute approximate surface area is 118 Å². The van der Waals surface area contributed by atoms with Crippen LogP contribution in [0.1, 0.15) is 18.9 Å². The maximum Gasteiger partial charge on any atom is 0.123 e. The van der Waals surface area contributed by atoms with E-state index in [0.29, 0.717) is 5.92 Å². The predicted molar refractivity (Wildman–Crippen MR) is 76.1 cm³/mol. The van der Waals surface area contributed by atoms with Gasteiger partial charge in [-0.1, -0.05) is 6.92 Å². The minimum absolute atomic E-state index is 0.228. The average molecular weight is 277 g/mol. The molecule has 20 heavy (non-hydrogen) atoms. The van der Waals surface area contributed by atoms with Crippen molar-refractivity contribution in [2.24, 2.45) is 5.92 Å². The van der Waals surface area contributed by atoms with E-state index in [0.717, 1.165) is 30.8 Å². The standard InChI is InChI=1S/C15H20FN3O/c1-12(6-7-20)8-17-9-13-10-18-19(11-13)15-4-2-14(16)3-5-15/h2-5,10-12,17,20H,6-9H2,1H3. The molecule has 0 amide bonds. The minimum Gasteiger partial charge on any atom is -0.396 e. The molecule has 0 aliphatic rings. The number of hydrogen-bond donors (Lipinski definition) is 2. The van der Waals surface area contributed by atoms with E-state index in [4.69, 9.17) is 5.11 Å². The summed E-state index contributed by atoms with van der Waals surface area (Å²) in [4.78, 5) is 0. The second kappa shape index (κ2) is 7.17. The number of rotatable bonds is 7. The van der Waals surface area contributed by atoms with Crippen molar-refractivity contribution in [3.05, 3.63) is 48.0 Å². The Bertz CT molecular complexity index is 524. The SMILES string of the molecule is CC(CCO)CNCc1cnn(-c2ccc(F)cc2)c1. The van der Waals surface area contributed by atoms with Gasteiger partial charge < -0.3 is 10.4 Å². The molecule has 1 unspecified atom stereocenters. The number of benzene rings is 1. The largest absolute Gasteiger partial charge is 0.396 e. The maximum absolute atomic E-state index is 12.9. The molecular formula is C15H20FN3O. The minimum atomic E-state index is -0.249. The van der Waals surface area contributed by atoms with Crippen molar-refractivity contribution >= 4 is 0 Å². The van der Waals surface area contributed by atoms with Crippen LogP contribution in [0.4, 0.5) is 4.39 Å². The van der Waals surface area contributed by atoms with Crippen molar-refractivity contribution in [1.29, 1.82) is 0 Å². The molecule has 4 nitrogen and oxygen atoms in total. The quantitative estimate of drug-likeness (QED) is 0.815. The van der Waals surface area contributed by atoms with E-state index in [1.54, 1.807) is 23.0 Å². The van der Waals surface area contributed by atoms with Gasteiger partial charge in [-0.25, -0.2) is 9.07 Å². The Kier molecular flexibility index (Phi) is 5.26. The lowest BCUT2D eigenvalue weighted by Crippen LogP contribution is -2.21. The van der Waals surface area contributed by atoms with Gasteiger partial charge in [-0.2, -0.15) is 5.10 Å². The molecule has 1 heterocycles. The summed E-state index contributed by atoms with van der Waals surface area (Å²) in [5.41, 5.74) is 1.91. The Hall–Kier alpha value is -1.72. The lowest BCUT2D eigenvalue weighted by Gasteiger charge is -2.09. The Morgan fingerprint density at radius 2 is 2.10 bits per heavy atom. The molecule has 0 saturated carbocycles. The van der Waals surface area contributed by atoms with E-state index >= 15 is 0 Å². The number of nitrogens with one attached hydrogen (secondary N) is 1. The van der Waals surface area contributed by atoms with Crippen LogP contribution in [0.2, 0.25) is 0 Å². The van der Waals surface area contributed by atoms with Gasteiger partial charge in [0.1, 0.15) is 5.82 Å². The summed E-state index contributed by atoms with van der Waals surface area (Å²) in [7, 11) is 0. The van der Waals surface area contributed by atoms with Gasteiger partial charge in [-0.3, -0.25) is 0 Å². The number of halogens is 1. The second-order valence-electron chi connectivity index (χ2n) is 5.02. The van der Waals surface area contributed by atoms with Crippen molar-refractivity contribution < 1.29 is 9.50 Å². The van der Waals surface area contributed by atoms with Crippen LogP contribution in [0.3, 0.4) is 0 Å². The molecule has 0 aliphatic heterocycles. The third-order valence-electron chi connectivity index (χ3n) is 3.17. The zero-order valence-corrected chi connectivity index (χ0v) is 11.6. The van der Waals surface area contributed by atoms with Crippen LogP contribution in [0.25, 0.3) is 5.69 Å². The predicted octanol–water partition coefficient (Wildman–Crippen LogP) is 2.12. The molecule has 0 fully saturated rings. The molecule has 0 spiro atoms. The van der Waals surface area contributed by atoms with Crippen molar-refractivity contribution in [3.8, 4) is 5.69 Å². The molecule has 0 aliphatic carbocycles. The van der Waals surface area contributed by atoms with E-state index in [1.807, 2.05) is 6.20 Å². The fourth-order valence-electron chi connectivity index (χ4n) is 1.97. The molecule has 0 radical (unpaired) electrons. The molecule has 108 valence electrons. The molecule has 1 aromatic carbocycles. The van der Waals surface area contributed by atoms with Gasteiger partial charge in [0.25, 0.3) is 0 Å². The van der Waals surface area contributed by atoms with Crippen LogP contribution < -0.4 is 5.32 Å². The van der Waals surface area contributed by atoms with Gasteiger partial charge in [-0.15, -0.1) is 0 Å². The van der Waals surface area contributed by atoms with Gasteiger partial charge in [0, 0.05) is 24.9 Å². The lowest BCUT2D eigenvalue weighted by molar-refractivity contribution is 0.260. The van der Waals surface area contributed by atoms with Crippen LogP contribution in [-0.2, 0) is 6.54 Å². The number of aliphatic hydroxyl groups is 1. The first-order valence-corrected chi connectivity index (χ1v) is 6.80. The molecule has 1 aromatic heterocycles. The van der Waals surface area contributed by atoms with E-state index in [2.05, 4.69) is 17.3 Å². The normalized spacial score (nSPS) is 12.6. The molecule has 2 aromatic rings. The van der Waals surface area contributed by atoms with Crippen LogP contribution >= 0.6 is 0 Å². The first-order valence-electron chi connectivity index (χ1n) is 6.80. The van der Waals surface area contributed by atoms with E-state index in [9.17, 15) is 4.39 Å². The Morgan fingerprint density at radius 1 is 1.35 bits per heavy atom. The summed E-state index contributed by atoms with van der Waals surface area (Å²) >= 11 is 0. The highest BCUT2D eigenvalue weighted by molar-refractivity contribution is 5.31. The summed E-state index contributed by atoms with van der Waals surface area (Å²) in [5.74, 6) is 0.202. The van der Waals surface area contributed by atoms with Crippen molar-refractivity contribution in [2.75, 3.05) is 13.2 Å². The number of aliphatic hydroxyl groups excluding tert-OH is 1. The lowest BCUT2D eigenvalue weighted by atomic mass is 10.1. The summed E-state index contributed by atoms with van der Waals surface area (Å²) in [6.07, 6.45) is 4.53. The molecule has 0 saturated heterocycles. The number of aromatic nitrogens is 2. The van der Waals surface area contributed by atoms with Crippen LogP contribution in [0.15, 0.2) is 36.7 Å². The number of hydrogen-bond acceptors (Lipinski definition) is 3. The van der Waals surface area contributed by atoms with Crippen LogP contribution in [0, 0.1) is 11.7 Å². The first kappa shape index (κ1) is 14.7. The first-order chi connectivity index (χ1) is 9.69. The fraction of sp³-hybridized carbons (Fsp3) is 0.400.